The Hall–Kier alpha value is -0.130. The minimum absolute atomic E-state index is 0.361. The quantitative estimate of drug-likeness (QED) is 0.790. The second kappa shape index (κ2) is 6.35. The summed E-state index contributed by atoms with van der Waals surface area (Å²) < 4.78 is 1.29. The van der Waals surface area contributed by atoms with Crippen LogP contribution in [0.15, 0.2) is 24.3 Å². The number of hydrogen-bond acceptors (Lipinski definition) is 2. The van der Waals surface area contributed by atoms with Gasteiger partial charge in [-0.1, -0.05) is 12.1 Å². The number of nitrogens with two attached hydrogens (primary N) is 1. The fourth-order valence-corrected chi connectivity index (χ4v) is 3.04. The molecule has 3 heteroatoms. The first kappa shape index (κ1) is 14.3. The molecule has 0 heterocycles. The van der Waals surface area contributed by atoms with Crippen LogP contribution in [0.5, 0.6) is 0 Å². The van der Waals surface area contributed by atoms with E-state index in [1.807, 2.05) is 0 Å². The molecule has 0 radical (unpaired) electrons. The molecule has 1 unspecified atom stereocenters. The summed E-state index contributed by atoms with van der Waals surface area (Å²) in [5.74, 6) is 0.907. The predicted molar refractivity (Wildman–Crippen MR) is 85.5 cm³/mol. The molecule has 0 aromatic heterocycles. The van der Waals surface area contributed by atoms with E-state index in [-0.39, 0.29) is 0 Å². The highest BCUT2D eigenvalue weighted by Crippen LogP contribution is 2.33. The Balaban J connectivity index is 2.18. The van der Waals surface area contributed by atoms with Gasteiger partial charge in [0.1, 0.15) is 0 Å². The Morgan fingerprint density at radius 2 is 2.11 bits per heavy atom. The van der Waals surface area contributed by atoms with E-state index < -0.39 is 0 Å². The molecule has 0 spiro atoms. The van der Waals surface area contributed by atoms with Gasteiger partial charge in [-0.2, -0.15) is 0 Å². The molecular weight excluding hydrogens is 335 g/mol. The van der Waals surface area contributed by atoms with Crippen LogP contribution in [0, 0.1) is 9.49 Å². The number of halogens is 1. The summed E-state index contributed by atoms with van der Waals surface area (Å²) >= 11 is 2.37. The maximum absolute atomic E-state index is 6.05. The Morgan fingerprint density at radius 1 is 1.39 bits per heavy atom. The van der Waals surface area contributed by atoms with Gasteiger partial charge in [0.25, 0.3) is 0 Å². The van der Waals surface area contributed by atoms with E-state index >= 15 is 0 Å². The lowest BCUT2D eigenvalue weighted by atomic mass is 10.0. The van der Waals surface area contributed by atoms with Crippen molar-refractivity contribution < 1.29 is 0 Å². The van der Waals surface area contributed by atoms with Gasteiger partial charge in [0.2, 0.25) is 0 Å². The van der Waals surface area contributed by atoms with Crippen molar-refractivity contribution in [3.63, 3.8) is 0 Å². The lowest BCUT2D eigenvalue weighted by Crippen LogP contribution is -2.40. The van der Waals surface area contributed by atoms with Crippen molar-refractivity contribution in [1.82, 2.24) is 4.90 Å². The first-order valence-corrected chi connectivity index (χ1v) is 7.91. The predicted octanol–water partition coefficient (Wildman–Crippen LogP) is 3.41. The van der Waals surface area contributed by atoms with Crippen LogP contribution in [0.3, 0.4) is 0 Å². The molecule has 100 valence electrons. The second-order valence-electron chi connectivity index (χ2n) is 5.54. The summed E-state index contributed by atoms with van der Waals surface area (Å²) in [7, 11) is 0. The summed E-state index contributed by atoms with van der Waals surface area (Å²) in [6, 6.07) is 9.66. The monoisotopic (exact) mass is 358 g/mol. The van der Waals surface area contributed by atoms with Gasteiger partial charge in [-0.15, -0.1) is 0 Å². The molecule has 18 heavy (non-hydrogen) atoms. The van der Waals surface area contributed by atoms with Gasteiger partial charge in [-0.05, 0) is 72.9 Å². The molecule has 1 aliphatic carbocycles. The highest BCUT2D eigenvalue weighted by molar-refractivity contribution is 14.1. The minimum Gasteiger partial charge on any atom is -0.329 e. The Morgan fingerprint density at radius 3 is 2.61 bits per heavy atom. The van der Waals surface area contributed by atoms with E-state index in [2.05, 4.69) is 65.6 Å². The zero-order chi connectivity index (χ0) is 13.1. The van der Waals surface area contributed by atoms with Gasteiger partial charge in [0.15, 0.2) is 0 Å². The van der Waals surface area contributed by atoms with Crippen molar-refractivity contribution in [3.8, 4) is 0 Å². The van der Waals surface area contributed by atoms with E-state index in [1.165, 1.54) is 28.5 Å². The van der Waals surface area contributed by atoms with Crippen LogP contribution < -0.4 is 5.73 Å². The van der Waals surface area contributed by atoms with Crippen LogP contribution in [0.4, 0.5) is 0 Å². The number of rotatable bonds is 6. The molecule has 1 aromatic carbocycles. The standard InChI is InChI=1S/C15H23IN2/c1-11(2)18(10-12-6-7-12)15(9-17)13-4-3-5-14(16)8-13/h3-5,8,11-12,15H,6-7,9-10,17H2,1-2H3. The summed E-state index contributed by atoms with van der Waals surface area (Å²) in [4.78, 5) is 2.57. The maximum Gasteiger partial charge on any atom is 0.0473 e. The van der Waals surface area contributed by atoms with Crippen molar-refractivity contribution in [2.24, 2.45) is 11.7 Å². The zero-order valence-electron chi connectivity index (χ0n) is 11.3. The van der Waals surface area contributed by atoms with Gasteiger partial charge < -0.3 is 5.73 Å². The maximum atomic E-state index is 6.05. The van der Waals surface area contributed by atoms with Gasteiger partial charge in [0, 0.05) is 28.7 Å². The molecule has 0 aliphatic heterocycles. The number of nitrogens with zero attached hydrogens (tertiary/aromatic N) is 1. The van der Waals surface area contributed by atoms with Gasteiger partial charge in [-0.25, -0.2) is 0 Å². The molecule has 1 aromatic rings. The molecule has 2 rings (SSSR count). The largest absolute Gasteiger partial charge is 0.329 e. The molecular formula is C15H23IN2. The molecule has 1 atom stereocenters. The fourth-order valence-electron chi connectivity index (χ4n) is 2.47. The van der Waals surface area contributed by atoms with Crippen LogP contribution in [0.2, 0.25) is 0 Å². The molecule has 1 fully saturated rings. The highest BCUT2D eigenvalue weighted by Gasteiger charge is 2.29. The van der Waals surface area contributed by atoms with Gasteiger partial charge in [-0.3, -0.25) is 4.90 Å². The van der Waals surface area contributed by atoms with Crippen LogP contribution in [0.1, 0.15) is 38.3 Å². The molecule has 0 bridgehead atoms. The van der Waals surface area contributed by atoms with E-state index in [4.69, 9.17) is 5.73 Å². The van der Waals surface area contributed by atoms with Crippen LogP contribution in [0.25, 0.3) is 0 Å². The van der Waals surface area contributed by atoms with E-state index in [1.54, 1.807) is 0 Å². The Labute approximate surface area is 124 Å². The summed E-state index contributed by atoms with van der Waals surface area (Å²) in [6.45, 7) is 6.45. The van der Waals surface area contributed by atoms with Gasteiger partial charge in [0.05, 0.1) is 0 Å². The third-order valence-corrected chi connectivity index (χ3v) is 4.36. The number of hydrogen-bond donors (Lipinski definition) is 1. The molecule has 0 saturated heterocycles. The molecule has 0 amide bonds. The SMILES string of the molecule is CC(C)N(CC1CC1)C(CN)c1cccc(I)c1. The van der Waals surface area contributed by atoms with Crippen LogP contribution in [-0.2, 0) is 0 Å². The number of benzene rings is 1. The minimum atomic E-state index is 0.361. The van der Waals surface area contributed by atoms with E-state index in [0.717, 1.165) is 5.92 Å². The van der Waals surface area contributed by atoms with Crippen molar-refractivity contribution >= 4 is 22.6 Å². The lowest BCUT2D eigenvalue weighted by molar-refractivity contribution is 0.149. The third kappa shape index (κ3) is 3.68. The third-order valence-electron chi connectivity index (χ3n) is 3.69. The summed E-state index contributed by atoms with van der Waals surface area (Å²) in [5.41, 5.74) is 7.41. The van der Waals surface area contributed by atoms with Crippen molar-refractivity contribution in [1.29, 1.82) is 0 Å². The Bertz CT molecular complexity index is 388. The highest BCUT2D eigenvalue weighted by atomic mass is 127. The smallest absolute Gasteiger partial charge is 0.0473 e. The summed E-state index contributed by atoms with van der Waals surface area (Å²) in [5, 5.41) is 0. The fraction of sp³-hybridized carbons (Fsp3) is 0.600. The van der Waals surface area contributed by atoms with Crippen molar-refractivity contribution in [2.75, 3.05) is 13.1 Å². The van der Waals surface area contributed by atoms with E-state index in [0.29, 0.717) is 18.6 Å². The van der Waals surface area contributed by atoms with Crippen LogP contribution in [-0.4, -0.2) is 24.0 Å². The molecule has 2 nitrogen and oxygen atoms in total. The molecule has 1 saturated carbocycles. The normalized spacial score (nSPS) is 17.4. The molecule has 2 N–H and O–H groups in total. The summed E-state index contributed by atoms with van der Waals surface area (Å²) in [6.07, 6.45) is 2.79. The average Bonchev–Trinajstić information content (AvgIpc) is 3.12. The van der Waals surface area contributed by atoms with Crippen molar-refractivity contribution in [3.05, 3.63) is 33.4 Å². The molecule has 1 aliphatic rings. The first-order chi connectivity index (χ1) is 8.61. The van der Waals surface area contributed by atoms with Crippen molar-refractivity contribution in [2.45, 2.75) is 38.8 Å². The topological polar surface area (TPSA) is 29.3 Å². The van der Waals surface area contributed by atoms with Gasteiger partial charge >= 0.3 is 0 Å². The average molecular weight is 358 g/mol. The van der Waals surface area contributed by atoms with E-state index in [9.17, 15) is 0 Å². The Kier molecular flexibility index (Phi) is 5.04. The first-order valence-electron chi connectivity index (χ1n) is 6.83. The van der Waals surface area contributed by atoms with Crippen LogP contribution >= 0.6 is 22.6 Å². The zero-order valence-corrected chi connectivity index (χ0v) is 13.4. The lowest BCUT2D eigenvalue weighted by Gasteiger charge is -2.35. The second-order valence-corrected chi connectivity index (χ2v) is 6.79.